The van der Waals surface area contributed by atoms with Gasteiger partial charge in [0.2, 0.25) is 0 Å². The maximum atomic E-state index is 8.90. The molecular formula is C57H36N4S. The summed E-state index contributed by atoms with van der Waals surface area (Å²) in [4.78, 5) is 14.8. The molecule has 0 atom stereocenters. The maximum absolute atomic E-state index is 8.90. The van der Waals surface area contributed by atoms with Crippen LogP contribution in [-0.2, 0) is 0 Å². The van der Waals surface area contributed by atoms with E-state index in [2.05, 4.69) is 108 Å². The van der Waals surface area contributed by atoms with E-state index in [0.717, 1.165) is 86.6 Å². The predicted octanol–water partition coefficient (Wildman–Crippen LogP) is 15.3. The van der Waals surface area contributed by atoms with Crippen LogP contribution in [0.15, 0.2) is 218 Å². The highest BCUT2D eigenvalue weighted by Gasteiger charge is 2.19. The predicted molar refractivity (Wildman–Crippen MR) is 260 cm³/mol. The fourth-order valence-corrected chi connectivity index (χ4v) is 9.97. The van der Waals surface area contributed by atoms with Crippen molar-refractivity contribution in [1.82, 2.24) is 19.5 Å². The summed E-state index contributed by atoms with van der Waals surface area (Å²) in [6.45, 7) is 0. The molecule has 0 N–H and O–H groups in total. The summed E-state index contributed by atoms with van der Waals surface area (Å²) in [5.74, 6) is 1.80. The molecule has 0 saturated carbocycles. The number of hydrogen-bond donors (Lipinski definition) is 0. The first-order valence-electron chi connectivity index (χ1n) is 22.9. The van der Waals surface area contributed by atoms with E-state index in [1.54, 1.807) is 11.3 Å². The molecule has 0 bridgehead atoms. The van der Waals surface area contributed by atoms with Crippen molar-refractivity contribution in [2.45, 2.75) is 0 Å². The van der Waals surface area contributed by atoms with Gasteiger partial charge in [-0.25, -0.2) is 15.0 Å². The van der Waals surface area contributed by atoms with Crippen LogP contribution in [0.5, 0.6) is 0 Å². The lowest BCUT2D eigenvalue weighted by Gasteiger charge is -2.13. The van der Waals surface area contributed by atoms with Crippen molar-refractivity contribution in [2.75, 3.05) is 0 Å². The van der Waals surface area contributed by atoms with Gasteiger partial charge in [0.05, 0.1) is 17.9 Å². The third kappa shape index (κ3) is 6.18. The molecule has 9 aromatic carbocycles. The van der Waals surface area contributed by atoms with Crippen molar-refractivity contribution in [2.24, 2.45) is 0 Å². The molecule has 3 aromatic heterocycles. The summed E-state index contributed by atoms with van der Waals surface area (Å²) in [5, 5.41) is 4.29. The molecule has 5 heteroatoms. The van der Waals surface area contributed by atoms with Crippen molar-refractivity contribution >= 4 is 53.3 Å². The largest absolute Gasteiger partial charge is 0.309 e. The van der Waals surface area contributed by atoms with E-state index in [1.807, 2.05) is 84.9 Å². The summed E-state index contributed by atoms with van der Waals surface area (Å²) < 4.78 is 47.3. The molecule has 12 rings (SSSR count). The highest BCUT2D eigenvalue weighted by Crippen LogP contribution is 2.46. The number of nitrogens with zero attached hydrogens (tertiary/aromatic N) is 4. The topological polar surface area (TPSA) is 43.6 Å². The zero-order chi connectivity index (χ0) is 45.3. The second-order valence-electron chi connectivity index (χ2n) is 15.2. The normalized spacial score (nSPS) is 12.7. The molecule has 0 fully saturated rings. The highest BCUT2D eigenvalue weighted by atomic mass is 32.1. The molecule has 0 aliphatic heterocycles. The number of rotatable bonds is 7. The lowest BCUT2D eigenvalue weighted by Crippen LogP contribution is -2.00. The minimum absolute atomic E-state index is 0.198. The van der Waals surface area contributed by atoms with Crippen molar-refractivity contribution in [3.8, 4) is 73.2 Å². The summed E-state index contributed by atoms with van der Waals surface area (Å²) in [5.41, 5.74) is 10.8. The van der Waals surface area contributed by atoms with Gasteiger partial charge in [-0.1, -0.05) is 188 Å². The second-order valence-corrected chi connectivity index (χ2v) is 16.2. The van der Waals surface area contributed by atoms with Gasteiger partial charge in [0.25, 0.3) is 0 Å². The Kier molecular flexibility index (Phi) is 7.46. The number of fused-ring (bicyclic) bond motifs is 6. The molecule has 0 aliphatic rings. The van der Waals surface area contributed by atoms with E-state index in [0.29, 0.717) is 23.0 Å². The molecule has 0 aliphatic carbocycles. The van der Waals surface area contributed by atoms with Crippen LogP contribution in [0.2, 0.25) is 0 Å². The summed E-state index contributed by atoms with van der Waals surface area (Å²) in [7, 11) is 0. The van der Waals surface area contributed by atoms with Gasteiger partial charge >= 0.3 is 0 Å². The van der Waals surface area contributed by atoms with E-state index in [1.165, 1.54) is 0 Å². The minimum Gasteiger partial charge on any atom is -0.309 e. The molecule has 0 saturated heterocycles. The van der Waals surface area contributed by atoms with Crippen molar-refractivity contribution < 1.29 is 6.85 Å². The Labute approximate surface area is 369 Å². The van der Waals surface area contributed by atoms with Crippen LogP contribution in [0.1, 0.15) is 6.85 Å². The van der Waals surface area contributed by atoms with E-state index in [-0.39, 0.29) is 29.7 Å². The van der Waals surface area contributed by atoms with Crippen molar-refractivity contribution in [3.63, 3.8) is 0 Å². The van der Waals surface area contributed by atoms with Crippen LogP contribution in [0.3, 0.4) is 0 Å². The van der Waals surface area contributed by atoms with Crippen LogP contribution in [0, 0.1) is 0 Å². The standard InChI is InChI=1S/C57H36N4S/c1-4-16-38(17-5-1)45-26-15-27-48-50-36-44(61-51-28-12-10-24-46(51)47-25-11-13-29-52(47)61)35-49(54(50)62-53(45)48)39-32-30-37(31-33-39)42-22-14-23-43(34-42)57-59-55(40-18-6-2-7-19-40)58-56(60-57)41-20-8-3-9-21-41/h1-36H/i1D,4D,5D,16D,17D. The molecular weight excluding hydrogens is 773 g/mol. The van der Waals surface area contributed by atoms with Gasteiger partial charge in [-0.15, -0.1) is 11.3 Å². The lowest BCUT2D eigenvalue weighted by atomic mass is 9.97. The monoisotopic (exact) mass is 813 g/mol. The van der Waals surface area contributed by atoms with Gasteiger partial charge in [-0.05, 0) is 58.1 Å². The number of para-hydroxylation sites is 2. The van der Waals surface area contributed by atoms with Gasteiger partial charge < -0.3 is 4.57 Å². The first-order valence-corrected chi connectivity index (χ1v) is 21.3. The van der Waals surface area contributed by atoms with Gasteiger partial charge in [-0.3, -0.25) is 0 Å². The Bertz CT molecular complexity index is 3780. The second kappa shape index (κ2) is 14.9. The van der Waals surface area contributed by atoms with Crippen LogP contribution < -0.4 is 0 Å². The fraction of sp³-hybridized carbons (Fsp3) is 0. The Morgan fingerprint density at radius 2 is 0.871 bits per heavy atom. The van der Waals surface area contributed by atoms with E-state index in [9.17, 15) is 0 Å². The number of hydrogen-bond acceptors (Lipinski definition) is 4. The Morgan fingerprint density at radius 1 is 0.355 bits per heavy atom. The molecule has 4 nitrogen and oxygen atoms in total. The van der Waals surface area contributed by atoms with Gasteiger partial charge in [0.1, 0.15) is 0 Å². The van der Waals surface area contributed by atoms with Gasteiger partial charge in [0, 0.05) is 58.9 Å². The van der Waals surface area contributed by atoms with Crippen LogP contribution in [0.4, 0.5) is 0 Å². The summed E-state index contributed by atoms with van der Waals surface area (Å²) in [6, 6.07) is 62.6. The van der Waals surface area contributed by atoms with Crippen molar-refractivity contribution in [3.05, 3.63) is 218 Å². The summed E-state index contributed by atoms with van der Waals surface area (Å²) >= 11 is 1.59. The molecule has 62 heavy (non-hydrogen) atoms. The molecule has 0 spiro atoms. The van der Waals surface area contributed by atoms with Crippen LogP contribution in [-0.4, -0.2) is 19.5 Å². The molecule has 290 valence electrons. The Balaban J connectivity index is 1.02. The smallest absolute Gasteiger partial charge is 0.164 e. The van der Waals surface area contributed by atoms with E-state index in [4.69, 9.17) is 21.8 Å². The third-order valence-corrected chi connectivity index (χ3v) is 12.8. The SMILES string of the molecule is [2H]c1c([2H])c([2H])c(-c2cccc3c2sc2c(-c4ccc(-c5cccc(-c6nc(-c7ccccc7)nc(-c7ccccc7)n6)c5)cc4)cc(-n4c5ccccc5c5ccccc54)cc23)c([2H])c1[2H]. The average molecular weight is 814 g/mol. The highest BCUT2D eigenvalue weighted by molar-refractivity contribution is 7.26. The zero-order valence-corrected chi connectivity index (χ0v) is 33.9. The summed E-state index contributed by atoms with van der Waals surface area (Å²) in [6.07, 6.45) is 0. The van der Waals surface area contributed by atoms with Crippen LogP contribution in [0.25, 0.3) is 115 Å². The molecule has 0 radical (unpaired) electrons. The van der Waals surface area contributed by atoms with Gasteiger partial charge in [0.15, 0.2) is 17.5 Å². The quantitative estimate of drug-likeness (QED) is 0.161. The zero-order valence-electron chi connectivity index (χ0n) is 38.1. The number of thiophene rings is 1. The number of benzene rings is 9. The van der Waals surface area contributed by atoms with Gasteiger partial charge in [-0.2, -0.15) is 0 Å². The van der Waals surface area contributed by atoms with E-state index < -0.39 is 6.04 Å². The Hall–Kier alpha value is -7.99. The number of aromatic nitrogens is 4. The molecule has 3 heterocycles. The fourth-order valence-electron chi connectivity index (χ4n) is 8.63. The lowest BCUT2D eigenvalue weighted by molar-refractivity contribution is 1.07. The average Bonchev–Trinajstić information content (AvgIpc) is 3.94. The molecule has 0 amide bonds. The minimum atomic E-state index is -0.407. The first-order chi connectivity index (χ1) is 32.8. The molecule has 0 unspecified atom stereocenters. The molecule has 12 aromatic rings. The van der Waals surface area contributed by atoms with E-state index >= 15 is 0 Å². The first kappa shape index (κ1) is 31.0. The third-order valence-electron chi connectivity index (χ3n) is 11.5. The van der Waals surface area contributed by atoms with Crippen LogP contribution >= 0.6 is 11.3 Å². The maximum Gasteiger partial charge on any atom is 0.164 e. The van der Waals surface area contributed by atoms with Crippen molar-refractivity contribution in [1.29, 1.82) is 0 Å². The Morgan fingerprint density at radius 3 is 1.53 bits per heavy atom.